The number of methoxy groups -OCH3 is 2. The fourth-order valence-electron chi connectivity index (χ4n) is 2.57. The number of aromatic nitrogens is 2. The molecule has 0 aliphatic heterocycles. The fourth-order valence-corrected chi connectivity index (χ4v) is 2.57. The smallest absolute Gasteiger partial charge is 0.274 e. The lowest BCUT2D eigenvalue weighted by atomic mass is 10.1. The Kier molecular flexibility index (Phi) is 6.77. The Morgan fingerprint density at radius 1 is 1.15 bits per heavy atom. The van der Waals surface area contributed by atoms with Crippen molar-refractivity contribution in [1.29, 1.82) is 0 Å². The Bertz CT molecular complexity index is 817. The number of nitrogens with zero attached hydrogens (tertiary/aromatic N) is 3. The summed E-state index contributed by atoms with van der Waals surface area (Å²) in [6, 6.07) is 8.55. The van der Waals surface area contributed by atoms with E-state index in [1.807, 2.05) is 25.1 Å². The lowest BCUT2D eigenvalue weighted by Gasteiger charge is -2.17. The minimum Gasteiger partial charge on any atom is -0.493 e. The monoisotopic (exact) mass is 359 g/mol. The number of ether oxygens (including phenoxy) is 2. The lowest BCUT2D eigenvalue weighted by Crippen LogP contribution is -2.32. The van der Waals surface area contributed by atoms with Crippen LogP contribution >= 0.6 is 0 Å². The third-order valence-corrected chi connectivity index (χ3v) is 4.05. The van der Waals surface area contributed by atoms with Gasteiger partial charge in [-0.05, 0) is 36.6 Å². The maximum Gasteiger partial charge on any atom is 0.274 e. The van der Waals surface area contributed by atoms with Crippen LogP contribution in [0.25, 0.3) is 0 Å². The van der Waals surface area contributed by atoms with E-state index in [2.05, 4.69) is 5.10 Å². The number of hydrogen-bond acceptors (Lipinski definition) is 5. The van der Waals surface area contributed by atoms with Crippen LogP contribution in [0.3, 0.4) is 0 Å². The Morgan fingerprint density at radius 2 is 1.88 bits per heavy atom. The van der Waals surface area contributed by atoms with Gasteiger partial charge in [-0.1, -0.05) is 13.0 Å². The zero-order valence-corrected chi connectivity index (χ0v) is 15.7. The van der Waals surface area contributed by atoms with Gasteiger partial charge in [-0.3, -0.25) is 9.59 Å². The number of amides is 1. The molecule has 0 bridgehead atoms. The molecule has 26 heavy (non-hydrogen) atoms. The summed E-state index contributed by atoms with van der Waals surface area (Å²) in [5.41, 5.74) is 1.11. The third kappa shape index (κ3) is 4.62. The van der Waals surface area contributed by atoms with E-state index in [1.165, 1.54) is 16.8 Å². The van der Waals surface area contributed by atoms with Gasteiger partial charge in [0.2, 0.25) is 0 Å². The van der Waals surface area contributed by atoms with Gasteiger partial charge >= 0.3 is 0 Å². The Balaban J connectivity index is 2.05. The van der Waals surface area contributed by atoms with Crippen LogP contribution in [-0.4, -0.2) is 48.4 Å². The van der Waals surface area contributed by atoms with Crippen LogP contribution in [0.5, 0.6) is 11.5 Å². The zero-order chi connectivity index (χ0) is 19.1. The first-order valence-electron chi connectivity index (χ1n) is 8.54. The van der Waals surface area contributed by atoms with Crippen LogP contribution in [0.15, 0.2) is 35.1 Å². The average molecular weight is 359 g/mol. The zero-order valence-electron chi connectivity index (χ0n) is 15.7. The Labute approximate surface area is 153 Å². The summed E-state index contributed by atoms with van der Waals surface area (Å²) in [5, 5.41) is 4.16. The molecule has 140 valence electrons. The molecule has 2 rings (SSSR count). The molecule has 0 saturated heterocycles. The molecule has 7 heteroatoms. The highest BCUT2D eigenvalue weighted by molar-refractivity contribution is 5.91. The summed E-state index contributed by atoms with van der Waals surface area (Å²) in [6.07, 6.45) is 1.44. The van der Waals surface area contributed by atoms with E-state index in [0.717, 1.165) is 12.0 Å². The molecule has 7 nitrogen and oxygen atoms in total. The molecule has 0 saturated carbocycles. The second-order valence-corrected chi connectivity index (χ2v) is 5.95. The highest BCUT2D eigenvalue weighted by atomic mass is 16.5. The van der Waals surface area contributed by atoms with Crippen molar-refractivity contribution in [1.82, 2.24) is 14.7 Å². The predicted molar refractivity (Wildman–Crippen MR) is 99.0 cm³/mol. The molecule has 2 aromatic rings. The van der Waals surface area contributed by atoms with E-state index >= 15 is 0 Å². The molecule has 1 aromatic carbocycles. The summed E-state index contributed by atoms with van der Waals surface area (Å²) >= 11 is 0. The van der Waals surface area contributed by atoms with Crippen molar-refractivity contribution >= 4 is 5.91 Å². The first-order chi connectivity index (χ1) is 12.5. The number of hydrogen-bond donors (Lipinski definition) is 0. The normalized spacial score (nSPS) is 10.5. The van der Waals surface area contributed by atoms with Gasteiger partial charge in [-0.2, -0.15) is 5.10 Å². The van der Waals surface area contributed by atoms with Gasteiger partial charge in [0.1, 0.15) is 5.69 Å². The number of aryl methyl sites for hydroxylation is 1. The van der Waals surface area contributed by atoms with E-state index in [-0.39, 0.29) is 17.2 Å². The van der Waals surface area contributed by atoms with Crippen molar-refractivity contribution in [2.24, 2.45) is 0 Å². The van der Waals surface area contributed by atoms with E-state index in [9.17, 15) is 9.59 Å². The second-order valence-electron chi connectivity index (χ2n) is 5.95. The number of carbonyl (C=O) groups is 1. The number of benzene rings is 1. The van der Waals surface area contributed by atoms with Gasteiger partial charge in [0.15, 0.2) is 11.5 Å². The van der Waals surface area contributed by atoms with Crippen LogP contribution in [-0.2, 0) is 13.0 Å². The second kappa shape index (κ2) is 9.03. The van der Waals surface area contributed by atoms with Crippen molar-refractivity contribution in [3.63, 3.8) is 0 Å². The Hall–Kier alpha value is -2.83. The maximum atomic E-state index is 12.6. The SMILES string of the molecule is CCCn1nc(C(=O)N(C)CCc2ccc(OC)c(OC)c2)ccc1=O. The van der Waals surface area contributed by atoms with E-state index in [4.69, 9.17) is 9.47 Å². The van der Waals surface area contributed by atoms with E-state index in [1.54, 1.807) is 26.2 Å². The van der Waals surface area contributed by atoms with Gasteiger partial charge in [0.25, 0.3) is 11.5 Å². The van der Waals surface area contributed by atoms with Crippen LogP contribution in [0, 0.1) is 0 Å². The first-order valence-corrected chi connectivity index (χ1v) is 8.54. The number of likely N-dealkylation sites (N-methyl/N-ethyl adjacent to an activating group) is 1. The topological polar surface area (TPSA) is 73.7 Å². The van der Waals surface area contributed by atoms with Crippen LogP contribution in [0.2, 0.25) is 0 Å². The van der Waals surface area contributed by atoms with Crippen molar-refractivity contribution in [3.8, 4) is 11.5 Å². The summed E-state index contributed by atoms with van der Waals surface area (Å²) < 4.78 is 11.9. The van der Waals surface area contributed by atoms with Gasteiger partial charge in [-0.15, -0.1) is 0 Å². The number of rotatable bonds is 8. The third-order valence-electron chi connectivity index (χ3n) is 4.05. The van der Waals surface area contributed by atoms with Crippen LogP contribution < -0.4 is 15.0 Å². The lowest BCUT2D eigenvalue weighted by molar-refractivity contribution is 0.0788. The molecule has 0 fully saturated rings. The molecule has 0 unspecified atom stereocenters. The molecule has 0 aliphatic rings. The molecular formula is C19H25N3O4. The molecule has 0 atom stereocenters. The molecule has 1 aromatic heterocycles. The number of carbonyl (C=O) groups excluding carboxylic acids is 1. The minimum atomic E-state index is -0.213. The first kappa shape index (κ1) is 19.5. The van der Waals surface area contributed by atoms with Crippen molar-refractivity contribution in [2.75, 3.05) is 27.8 Å². The van der Waals surface area contributed by atoms with Crippen molar-refractivity contribution < 1.29 is 14.3 Å². The van der Waals surface area contributed by atoms with Gasteiger partial charge in [0.05, 0.1) is 14.2 Å². The molecular weight excluding hydrogens is 334 g/mol. The van der Waals surface area contributed by atoms with Crippen LogP contribution in [0.1, 0.15) is 29.4 Å². The summed E-state index contributed by atoms with van der Waals surface area (Å²) in [5.74, 6) is 1.12. The van der Waals surface area contributed by atoms with Crippen molar-refractivity contribution in [3.05, 3.63) is 51.9 Å². The highest BCUT2D eigenvalue weighted by Crippen LogP contribution is 2.27. The average Bonchev–Trinajstić information content (AvgIpc) is 2.67. The van der Waals surface area contributed by atoms with Crippen LogP contribution in [0.4, 0.5) is 0 Å². The molecule has 1 amide bonds. The standard InChI is InChI=1S/C19H25N3O4/c1-5-11-22-18(23)9-7-15(20-22)19(24)21(2)12-10-14-6-8-16(25-3)17(13-14)26-4/h6-9,13H,5,10-12H2,1-4H3. The predicted octanol–water partition coefficient (Wildman–Crippen LogP) is 1.99. The molecule has 1 heterocycles. The van der Waals surface area contributed by atoms with Crippen molar-refractivity contribution in [2.45, 2.75) is 26.3 Å². The molecule has 0 N–H and O–H groups in total. The molecule has 0 aliphatic carbocycles. The maximum absolute atomic E-state index is 12.6. The molecule has 0 radical (unpaired) electrons. The fraction of sp³-hybridized carbons (Fsp3) is 0.421. The van der Waals surface area contributed by atoms with E-state index in [0.29, 0.717) is 31.0 Å². The summed E-state index contributed by atoms with van der Waals surface area (Å²) in [4.78, 5) is 25.9. The summed E-state index contributed by atoms with van der Waals surface area (Å²) in [7, 11) is 4.91. The van der Waals surface area contributed by atoms with E-state index < -0.39 is 0 Å². The largest absolute Gasteiger partial charge is 0.493 e. The van der Waals surface area contributed by atoms with Gasteiger partial charge < -0.3 is 14.4 Å². The van der Waals surface area contributed by atoms with Gasteiger partial charge in [0, 0.05) is 26.2 Å². The highest BCUT2D eigenvalue weighted by Gasteiger charge is 2.15. The minimum absolute atomic E-state index is 0.198. The van der Waals surface area contributed by atoms with Gasteiger partial charge in [-0.25, -0.2) is 4.68 Å². The Morgan fingerprint density at radius 3 is 2.54 bits per heavy atom. The quantitative estimate of drug-likeness (QED) is 0.721. The summed E-state index contributed by atoms with van der Waals surface area (Å²) in [6.45, 7) is 2.97. The molecule has 0 spiro atoms.